The van der Waals surface area contributed by atoms with Crippen molar-refractivity contribution in [2.24, 2.45) is 0 Å². The number of benzene rings is 4. The van der Waals surface area contributed by atoms with Gasteiger partial charge in [0.25, 0.3) is 5.91 Å². The highest BCUT2D eigenvalue weighted by Crippen LogP contribution is 2.34. The Bertz CT molecular complexity index is 1750. The summed E-state index contributed by atoms with van der Waals surface area (Å²) in [7, 11) is -2.88. The van der Waals surface area contributed by atoms with Crippen LogP contribution in [-0.4, -0.2) is 61.1 Å². The number of hydrogen-bond acceptors (Lipinski definition) is 8. The zero-order valence-electron chi connectivity index (χ0n) is 25.9. The number of methoxy groups -OCH3 is 1. The topological polar surface area (TPSA) is 135 Å². The summed E-state index contributed by atoms with van der Waals surface area (Å²) in [5.41, 5.74) is 4.14. The van der Waals surface area contributed by atoms with E-state index in [9.17, 15) is 23.2 Å². The number of hydroxylamine groups is 1. The molecule has 1 aliphatic heterocycles. The summed E-state index contributed by atoms with van der Waals surface area (Å²) in [5, 5.41) is 9.76. The van der Waals surface area contributed by atoms with Crippen LogP contribution in [0.25, 0.3) is 0 Å². The normalized spacial score (nSPS) is 12.8. The molecule has 2 amide bonds. The van der Waals surface area contributed by atoms with E-state index < -0.39 is 22.0 Å². The Morgan fingerprint density at radius 2 is 1.51 bits per heavy atom. The van der Waals surface area contributed by atoms with Crippen molar-refractivity contribution in [3.8, 4) is 17.2 Å². The van der Waals surface area contributed by atoms with Crippen molar-refractivity contribution in [3.05, 3.63) is 120 Å². The maximum Gasteiger partial charge on any atom is 0.261 e. The molecule has 47 heavy (non-hydrogen) atoms. The third-order valence-electron chi connectivity index (χ3n) is 7.92. The highest BCUT2D eigenvalue weighted by atomic mass is 32.2. The second kappa shape index (κ2) is 15.6. The number of sulfonamides is 1. The summed E-state index contributed by atoms with van der Waals surface area (Å²) in [6.07, 6.45) is 0.263. The van der Waals surface area contributed by atoms with Crippen molar-refractivity contribution in [2.75, 3.05) is 20.4 Å². The second-order valence-corrected chi connectivity index (χ2v) is 12.9. The Morgan fingerprint density at radius 1 is 0.851 bits per heavy atom. The highest BCUT2D eigenvalue weighted by Gasteiger charge is 2.37. The lowest BCUT2D eigenvalue weighted by Gasteiger charge is -2.30. The Labute approximate surface area is 274 Å². The summed E-state index contributed by atoms with van der Waals surface area (Å²) in [5.74, 6) is 0.190. The number of nitrogens with one attached hydrogen (secondary N) is 1. The molecule has 0 saturated carbocycles. The smallest absolute Gasteiger partial charge is 0.261 e. The van der Waals surface area contributed by atoms with Gasteiger partial charge in [-0.1, -0.05) is 66.7 Å². The average molecular weight is 660 g/mol. The average Bonchev–Trinajstić information content (AvgIpc) is 3.58. The van der Waals surface area contributed by atoms with Crippen LogP contribution >= 0.6 is 0 Å². The number of carbonyl (C=O) groups excluding carboxylic acids is 2. The Hall–Kier alpha value is -4.91. The van der Waals surface area contributed by atoms with Gasteiger partial charge in [0.15, 0.2) is 11.5 Å². The number of amides is 2. The van der Waals surface area contributed by atoms with Gasteiger partial charge in [-0.2, -0.15) is 4.31 Å². The first kappa shape index (κ1) is 33.5. The quantitative estimate of drug-likeness (QED) is 0.140. The van der Waals surface area contributed by atoms with E-state index in [0.29, 0.717) is 42.3 Å². The molecule has 246 valence electrons. The monoisotopic (exact) mass is 659 g/mol. The van der Waals surface area contributed by atoms with E-state index in [2.05, 4.69) is 0 Å². The van der Waals surface area contributed by atoms with Crippen molar-refractivity contribution in [3.63, 3.8) is 0 Å². The van der Waals surface area contributed by atoms with Crippen LogP contribution < -0.4 is 19.7 Å². The third kappa shape index (κ3) is 8.47. The predicted molar refractivity (Wildman–Crippen MR) is 173 cm³/mol. The van der Waals surface area contributed by atoms with Gasteiger partial charge in [-0.15, -0.1) is 0 Å². The van der Waals surface area contributed by atoms with Crippen molar-refractivity contribution in [1.29, 1.82) is 0 Å². The number of carbonyl (C=O) groups is 2. The molecule has 5 rings (SSSR count). The van der Waals surface area contributed by atoms with E-state index in [0.717, 1.165) is 15.4 Å². The summed E-state index contributed by atoms with van der Waals surface area (Å²) in [6, 6.07) is 28.7. The Balaban J connectivity index is 1.43. The molecule has 0 aliphatic carbocycles. The minimum atomic E-state index is -4.35. The minimum absolute atomic E-state index is 0.0358. The molecular formula is C35H37N3O8S. The molecule has 1 atom stereocenters. The van der Waals surface area contributed by atoms with Gasteiger partial charge in [-0.3, -0.25) is 14.8 Å². The van der Waals surface area contributed by atoms with Crippen molar-refractivity contribution >= 4 is 21.8 Å². The third-order valence-corrected chi connectivity index (χ3v) is 9.78. The first-order chi connectivity index (χ1) is 22.8. The van der Waals surface area contributed by atoms with Gasteiger partial charge >= 0.3 is 0 Å². The van der Waals surface area contributed by atoms with Crippen LogP contribution in [0.5, 0.6) is 17.2 Å². The van der Waals surface area contributed by atoms with Crippen LogP contribution in [0.15, 0.2) is 108 Å². The lowest BCUT2D eigenvalue weighted by molar-refractivity contribution is -0.135. The van der Waals surface area contributed by atoms with Gasteiger partial charge in [0.05, 0.1) is 12.0 Å². The highest BCUT2D eigenvalue weighted by molar-refractivity contribution is 7.89. The van der Waals surface area contributed by atoms with Crippen LogP contribution in [-0.2, 0) is 39.1 Å². The molecule has 0 bridgehead atoms. The fourth-order valence-electron chi connectivity index (χ4n) is 5.37. The van der Waals surface area contributed by atoms with Crippen LogP contribution in [0.1, 0.15) is 29.5 Å². The van der Waals surface area contributed by atoms with E-state index in [4.69, 9.17) is 14.2 Å². The van der Waals surface area contributed by atoms with E-state index in [1.165, 1.54) is 31.4 Å². The van der Waals surface area contributed by atoms with E-state index >= 15 is 0 Å². The minimum Gasteiger partial charge on any atom is -0.497 e. The molecule has 2 N–H and O–H groups in total. The Kier molecular flexibility index (Phi) is 11.1. The molecule has 11 nitrogen and oxygen atoms in total. The van der Waals surface area contributed by atoms with Gasteiger partial charge in [0, 0.05) is 26.1 Å². The molecule has 1 heterocycles. The fourth-order valence-corrected chi connectivity index (χ4v) is 6.97. The van der Waals surface area contributed by atoms with Crippen LogP contribution in [0.2, 0.25) is 0 Å². The first-order valence-electron chi connectivity index (χ1n) is 15.1. The molecule has 0 spiro atoms. The zero-order chi connectivity index (χ0) is 33.2. The van der Waals surface area contributed by atoms with Crippen LogP contribution in [0, 0.1) is 0 Å². The van der Waals surface area contributed by atoms with Gasteiger partial charge in [0.2, 0.25) is 22.7 Å². The van der Waals surface area contributed by atoms with Crippen molar-refractivity contribution in [2.45, 2.75) is 43.3 Å². The summed E-state index contributed by atoms with van der Waals surface area (Å²) < 4.78 is 45.4. The second-order valence-electron chi connectivity index (χ2n) is 11.0. The standard InChI is InChI=1S/C35H37N3O8S/c1-44-29-13-15-30(16-14-29)47(42,43)38(24-28-12-18-32-33(22-28)46-25-45-32)31(35(40)36-41)17-19-34(39)37(23-27-10-6-3-7-11-27)21-20-26-8-4-2-5-9-26/h2-16,18,22,31,41H,17,19-21,23-25H2,1H3,(H,36,40)/t31-/m1/s1. The molecule has 12 heteroatoms. The van der Waals surface area contributed by atoms with E-state index in [1.807, 2.05) is 60.7 Å². The summed E-state index contributed by atoms with van der Waals surface area (Å²) in [4.78, 5) is 28.7. The van der Waals surface area contributed by atoms with E-state index in [1.54, 1.807) is 28.6 Å². The van der Waals surface area contributed by atoms with Crippen molar-refractivity contribution in [1.82, 2.24) is 14.7 Å². The van der Waals surface area contributed by atoms with E-state index in [-0.39, 0.29) is 37.0 Å². The number of hydrogen-bond donors (Lipinski definition) is 2. The fraction of sp³-hybridized carbons (Fsp3) is 0.257. The molecule has 4 aromatic rings. The molecule has 0 radical (unpaired) electrons. The molecule has 1 aliphatic rings. The zero-order valence-corrected chi connectivity index (χ0v) is 26.8. The summed E-state index contributed by atoms with van der Waals surface area (Å²) in [6.45, 7) is 0.543. The molecule has 0 aromatic heterocycles. The molecular weight excluding hydrogens is 622 g/mol. The van der Waals surface area contributed by atoms with Crippen LogP contribution in [0.3, 0.4) is 0 Å². The first-order valence-corrected chi connectivity index (χ1v) is 16.6. The maximum absolute atomic E-state index is 14.2. The molecule has 0 fully saturated rings. The SMILES string of the molecule is COc1ccc(S(=O)(=O)N(Cc2ccc3c(c2)OCO3)[C@H](CCC(=O)N(CCc2ccccc2)Cc2ccccc2)C(=O)NO)cc1. The number of rotatable bonds is 15. The van der Waals surface area contributed by atoms with Gasteiger partial charge < -0.3 is 19.1 Å². The van der Waals surface area contributed by atoms with Gasteiger partial charge in [-0.25, -0.2) is 13.9 Å². The largest absolute Gasteiger partial charge is 0.497 e. The lowest BCUT2D eigenvalue weighted by atomic mass is 10.1. The lowest BCUT2D eigenvalue weighted by Crippen LogP contribution is -2.49. The van der Waals surface area contributed by atoms with Gasteiger partial charge in [-0.05, 0) is 65.9 Å². The Morgan fingerprint density at radius 3 is 2.17 bits per heavy atom. The number of fused-ring (bicyclic) bond motifs is 1. The van der Waals surface area contributed by atoms with Gasteiger partial charge in [0.1, 0.15) is 11.8 Å². The number of nitrogens with zero attached hydrogens (tertiary/aromatic N) is 2. The molecule has 4 aromatic carbocycles. The summed E-state index contributed by atoms with van der Waals surface area (Å²) >= 11 is 0. The van der Waals surface area contributed by atoms with Crippen LogP contribution in [0.4, 0.5) is 0 Å². The van der Waals surface area contributed by atoms with Crippen molar-refractivity contribution < 1.29 is 37.4 Å². The maximum atomic E-state index is 14.2. The predicted octanol–water partition coefficient (Wildman–Crippen LogP) is 4.54. The molecule has 0 unspecified atom stereocenters. The molecule has 0 saturated heterocycles. The number of ether oxygens (including phenoxy) is 3.